The van der Waals surface area contributed by atoms with Crippen LogP contribution in [0.15, 0.2) is 18.2 Å². The van der Waals surface area contributed by atoms with Gasteiger partial charge in [-0.25, -0.2) is 0 Å². The number of hydrogen-bond acceptors (Lipinski definition) is 3. The number of carbonyl (C=O) groups is 1. The van der Waals surface area contributed by atoms with Crippen LogP contribution in [0.25, 0.3) is 0 Å². The first-order valence-corrected chi connectivity index (χ1v) is 6.74. The number of ether oxygens (including phenoxy) is 1. The molecule has 0 radical (unpaired) electrons. The summed E-state index contributed by atoms with van der Waals surface area (Å²) in [5, 5.41) is 3.04. The zero-order chi connectivity index (χ0) is 14.6. The SMILES string of the molecule is Cc1ccc(C(=O)NC2(C)CCOC2)c(C#CCN)c1. The van der Waals surface area contributed by atoms with Crippen LogP contribution in [0.1, 0.15) is 34.8 Å². The van der Waals surface area contributed by atoms with Gasteiger partial charge in [-0.3, -0.25) is 4.79 Å². The molecule has 0 saturated carbocycles. The molecule has 1 atom stereocenters. The van der Waals surface area contributed by atoms with Gasteiger partial charge in [0.05, 0.1) is 24.3 Å². The molecule has 0 aliphatic carbocycles. The third kappa shape index (κ3) is 3.38. The van der Waals surface area contributed by atoms with Crippen molar-refractivity contribution in [1.29, 1.82) is 0 Å². The highest BCUT2D eigenvalue weighted by Gasteiger charge is 2.31. The lowest BCUT2D eigenvalue weighted by molar-refractivity contribution is 0.0889. The topological polar surface area (TPSA) is 64.3 Å². The van der Waals surface area contributed by atoms with Gasteiger partial charge < -0.3 is 15.8 Å². The van der Waals surface area contributed by atoms with Crippen LogP contribution >= 0.6 is 0 Å². The Bertz CT molecular complexity index is 564. The predicted octanol–water partition coefficient (Wildman–Crippen LogP) is 1.21. The van der Waals surface area contributed by atoms with Crippen molar-refractivity contribution < 1.29 is 9.53 Å². The quantitative estimate of drug-likeness (QED) is 0.796. The number of rotatable bonds is 2. The fourth-order valence-corrected chi connectivity index (χ4v) is 2.21. The first kappa shape index (κ1) is 14.6. The lowest BCUT2D eigenvalue weighted by Gasteiger charge is -2.23. The second-order valence-corrected chi connectivity index (χ2v) is 5.37. The van der Waals surface area contributed by atoms with Gasteiger partial charge in [0.2, 0.25) is 0 Å². The minimum Gasteiger partial charge on any atom is -0.379 e. The summed E-state index contributed by atoms with van der Waals surface area (Å²) < 4.78 is 5.35. The smallest absolute Gasteiger partial charge is 0.253 e. The molecule has 1 aromatic rings. The largest absolute Gasteiger partial charge is 0.379 e. The molecule has 1 saturated heterocycles. The van der Waals surface area contributed by atoms with Crippen LogP contribution < -0.4 is 11.1 Å². The Hall–Kier alpha value is -1.83. The molecular formula is C16H20N2O2. The molecule has 2 rings (SSSR count). The summed E-state index contributed by atoms with van der Waals surface area (Å²) in [6, 6.07) is 5.63. The molecule has 1 unspecified atom stereocenters. The monoisotopic (exact) mass is 272 g/mol. The minimum atomic E-state index is -0.291. The number of hydrogen-bond donors (Lipinski definition) is 2. The van der Waals surface area contributed by atoms with E-state index in [2.05, 4.69) is 17.2 Å². The van der Waals surface area contributed by atoms with Crippen molar-refractivity contribution in [2.24, 2.45) is 5.73 Å². The predicted molar refractivity (Wildman–Crippen MR) is 78.4 cm³/mol. The second kappa shape index (κ2) is 6.08. The van der Waals surface area contributed by atoms with Gasteiger partial charge in [0.1, 0.15) is 0 Å². The second-order valence-electron chi connectivity index (χ2n) is 5.37. The molecule has 1 fully saturated rings. The van der Waals surface area contributed by atoms with Crippen LogP contribution in [0, 0.1) is 18.8 Å². The van der Waals surface area contributed by atoms with E-state index in [1.165, 1.54) is 0 Å². The Morgan fingerprint density at radius 1 is 1.55 bits per heavy atom. The number of aryl methyl sites for hydroxylation is 1. The van der Waals surface area contributed by atoms with Crippen LogP contribution in [0.5, 0.6) is 0 Å². The van der Waals surface area contributed by atoms with Gasteiger partial charge in [0.25, 0.3) is 5.91 Å². The maximum Gasteiger partial charge on any atom is 0.253 e. The van der Waals surface area contributed by atoms with Crippen LogP contribution in [0.2, 0.25) is 0 Å². The molecular weight excluding hydrogens is 252 g/mol. The van der Waals surface area contributed by atoms with Crippen molar-refractivity contribution in [3.05, 3.63) is 34.9 Å². The van der Waals surface area contributed by atoms with Crippen molar-refractivity contribution in [2.75, 3.05) is 19.8 Å². The Labute approximate surface area is 119 Å². The number of carbonyl (C=O) groups excluding carboxylic acids is 1. The zero-order valence-electron chi connectivity index (χ0n) is 12.0. The molecule has 106 valence electrons. The van der Waals surface area contributed by atoms with E-state index in [-0.39, 0.29) is 18.0 Å². The van der Waals surface area contributed by atoms with E-state index in [1.807, 2.05) is 32.0 Å². The average molecular weight is 272 g/mol. The summed E-state index contributed by atoms with van der Waals surface area (Å²) in [6.45, 7) is 5.48. The van der Waals surface area contributed by atoms with E-state index in [0.717, 1.165) is 17.5 Å². The summed E-state index contributed by atoms with van der Waals surface area (Å²) in [5.41, 5.74) is 7.49. The normalized spacial score (nSPS) is 21.1. The molecule has 4 nitrogen and oxygen atoms in total. The van der Waals surface area contributed by atoms with Crippen LogP contribution in [0.4, 0.5) is 0 Å². The lowest BCUT2D eigenvalue weighted by atomic mass is 9.99. The fourth-order valence-electron chi connectivity index (χ4n) is 2.21. The van der Waals surface area contributed by atoms with Crippen molar-refractivity contribution in [2.45, 2.75) is 25.8 Å². The molecule has 1 aliphatic rings. The standard InChI is InChI=1S/C16H20N2O2/c1-12-5-6-14(13(10-12)4-3-8-17)15(19)18-16(2)7-9-20-11-16/h5-6,10H,7-9,11,17H2,1-2H3,(H,18,19). The lowest BCUT2D eigenvalue weighted by Crippen LogP contribution is -2.46. The molecule has 1 heterocycles. The first-order valence-electron chi connectivity index (χ1n) is 6.74. The molecule has 1 aromatic carbocycles. The van der Waals surface area contributed by atoms with Crippen molar-refractivity contribution in [3.63, 3.8) is 0 Å². The highest BCUT2D eigenvalue weighted by Crippen LogP contribution is 2.19. The van der Waals surface area contributed by atoms with Crippen molar-refractivity contribution in [3.8, 4) is 11.8 Å². The van der Waals surface area contributed by atoms with Gasteiger partial charge in [0.15, 0.2) is 0 Å². The summed E-state index contributed by atoms with van der Waals surface area (Å²) in [5.74, 6) is 5.66. The number of benzene rings is 1. The molecule has 0 bridgehead atoms. The van der Waals surface area contributed by atoms with E-state index < -0.39 is 0 Å². The molecule has 4 heteroatoms. The molecule has 0 spiro atoms. The van der Waals surface area contributed by atoms with E-state index in [0.29, 0.717) is 18.8 Å². The maximum atomic E-state index is 12.4. The number of nitrogens with two attached hydrogens (primary N) is 1. The Morgan fingerprint density at radius 3 is 3.00 bits per heavy atom. The van der Waals surface area contributed by atoms with E-state index in [1.54, 1.807) is 0 Å². The fraction of sp³-hybridized carbons (Fsp3) is 0.438. The number of amides is 1. The highest BCUT2D eigenvalue weighted by atomic mass is 16.5. The summed E-state index contributed by atoms with van der Waals surface area (Å²) in [7, 11) is 0. The summed E-state index contributed by atoms with van der Waals surface area (Å²) in [6.07, 6.45) is 0.828. The Kier molecular flexibility index (Phi) is 4.43. The molecule has 1 amide bonds. The van der Waals surface area contributed by atoms with Crippen molar-refractivity contribution in [1.82, 2.24) is 5.32 Å². The summed E-state index contributed by atoms with van der Waals surface area (Å²) in [4.78, 5) is 12.4. The van der Waals surface area contributed by atoms with Gasteiger partial charge >= 0.3 is 0 Å². The first-order chi connectivity index (χ1) is 9.54. The van der Waals surface area contributed by atoms with E-state index >= 15 is 0 Å². The minimum absolute atomic E-state index is 0.112. The van der Waals surface area contributed by atoms with Crippen LogP contribution in [-0.2, 0) is 4.74 Å². The maximum absolute atomic E-state index is 12.4. The average Bonchev–Trinajstić information content (AvgIpc) is 2.82. The third-order valence-electron chi connectivity index (χ3n) is 3.38. The molecule has 20 heavy (non-hydrogen) atoms. The van der Waals surface area contributed by atoms with Gasteiger partial charge in [-0.2, -0.15) is 0 Å². The van der Waals surface area contributed by atoms with Crippen LogP contribution in [0.3, 0.4) is 0 Å². The van der Waals surface area contributed by atoms with E-state index in [9.17, 15) is 4.79 Å². The molecule has 0 aromatic heterocycles. The van der Waals surface area contributed by atoms with E-state index in [4.69, 9.17) is 10.5 Å². The van der Waals surface area contributed by atoms with Gasteiger partial charge in [-0.1, -0.05) is 17.9 Å². The Morgan fingerprint density at radius 2 is 2.35 bits per heavy atom. The Balaban J connectivity index is 2.25. The molecule has 3 N–H and O–H groups in total. The third-order valence-corrected chi connectivity index (χ3v) is 3.38. The number of nitrogens with one attached hydrogen (secondary N) is 1. The van der Waals surface area contributed by atoms with Gasteiger partial charge in [-0.05, 0) is 38.0 Å². The molecule has 1 aliphatic heterocycles. The summed E-state index contributed by atoms with van der Waals surface area (Å²) >= 11 is 0. The van der Waals surface area contributed by atoms with Gasteiger partial charge in [-0.15, -0.1) is 0 Å². The van der Waals surface area contributed by atoms with Gasteiger partial charge in [0, 0.05) is 12.2 Å². The highest BCUT2D eigenvalue weighted by molar-refractivity contribution is 5.97. The van der Waals surface area contributed by atoms with Crippen LogP contribution in [-0.4, -0.2) is 31.2 Å². The van der Waals surface area contributed by atoms with Crippen molar-refractivity contribution >= 4 is 5.91 Å². The zero-order valence-corrected chi connectivity index (χ0v) is 12.0.